The van der Waals surface area contributed by atoms with Crippen LogP contribution in [0.4, 0.5) is 5.69 Å². The summed E-state index contributed by atoms with van der Waals surface area (Å²) in [5, 5.41) is 0. The third-order valence-corrected chi connectivity index (χ3v) is 8.09. The lowest BCUT2D eigenvalue weighted by Gasteiger charge is -2.12. The molecule has 1 saturated heterocycles. The van der Waals surface area contributed by atoms with Crippen LogP contribution in [0.5, 0.6) is 11.6 Å². The fourth-order valence-corrected chi connectivity index (χ4v) is 5.86. The topological polar surface area (TPSA) is 90.8 Å². The van der Waals surface area contributed by atoms with Crippen LogP contribution >= 0.6 is 24.0 Å². The molecule has 0 radical (unpaired) electrons. The Labute approximate surface area is 243 Å². The van der Waals surface area contributed by atoms with Crippen LogP contribution in [0.25, 0.3) is 17.4 Å². The molecule has 0 spiro atoms. The van der Waals surface area contributed by atoms with E-state index < -0.39 is 11.5 Å². The van der Waals surface area contributed by atoms with Crippen molar-refractivity contribution in [1.29, 1.82) is 0 Å². The Hall–Kier alpha value is -4.74. The summed E-state index contributed by atoms with van der Waals surface area (Å²) in [6.45, 7) is 3.71. The number of hydrogen-bond donors (Lipinski definition) is 0. The maximum absolute atomic E-state index is 13.8. The highest BCUT2D eigenvalue weighted by atomic mass is 32.2. The van der Waals surface area contributed by atoms with Crippen molar-refractivity contribution < 1.29 is 9.53 Å². The lowest BCUT2D eigenvalue weighted by molar-refractivity contribution is -0.113. The molecule has 11 heteroatoms. The zero-order chi connectivity index (χ0) is 28.8. The van der Waals surface area contributed by atoms with Gasteiger partial charge in [-0.2, -0.15) is 4.98 Å². The number of anilines is 1. The van der Waals surface area contributed by atoms with Gasteiger partial charge in [0.05, 0.1) is 16.3 Å². The minimum absolute atomic E-state index is 0.0534. The minimum atomic E-state index is -0.509. The summed E-state index contributed by atoms with van der Waals surface area (Å²) < 4.78 is 10.8. The third-order valence-electron chi connectivity index (χ3n) is 6.79. The molecule has 1 amide bonds. The number of hydrogen-bond acceptors (Lipinski definition) is 7. The molecule has 0 bridgehead atoms. The van der Waals surface area contributed by atoms with E-state index in [1.807, 2.05) is 49.4 Å². The first-order chi connectivity index (χ1) is 19.7. The van der Waals surface area contributed by atoms with Crippen LogP contribution in [0.1, 0.15) is 16.8 Å². The molecule has 204 valence electrons. The Morgan fingerprint density at radius 2 is 1.61 bits per heavy atom. The molecule has 1 aliphatic heterocycles. The number of benzene rings is 2. The van der Waals surface area contributed by atoms with Crippen LogP contribution in [0.2, 0.25) is 0 Å². The first kappa shape index (κ1) is 26.5. The Morgan fingerprint density at radius 3 is 2.34 bits per heavy atom. The second-order valence-electron chi connectivity index (χ2n) is 9.41. The molecule has 9 nitrogen and oxygen atoms in total. The highest BCUT2D eigenvalue weighted by molar-refractivity contribution is 8.27. The lowest BCUT2D eigenvalue weighted by Crippen LogP contribution is -2.33. The molecule has 0 saturated carbocycles. The molecule has 5 aromatic rings. The molecule has 3 aromatic heterocycles. The Morgan fingerprint density at radius 1 is 0.902 bits per heavy atom. The van der Waals surface area contributed by atoms with Gasteiger partial charge in [0, 0.05) is 13.2 Å². The zero-order valence-electron chi connectivity index (χ0n) is 22.3. The number of aromatic nitrogens is 4. The molecule has 1 fully saturated rings. The van der Waals surface area contributed by atoms with Crippen molar-refractivity contribution in [3.8, 4) is 17.3 Å². The monoisotopic (exact) mass is 581 g/mol. The van der Waals surface area contributed by atoms with E-state index in [4.69, 9.17) is 17.0 Å². The Kier molecular flexibility index (Phi) is 6.68. The number of nitrogens with zero attached hydrogens (tertiary/aromatic N) is 5. The van der Waals surface area contributed by atoms with Crippen molar-refractivity contribution in [2.75, 3.05) is 4.90 Å². The number of fused-ring (bicyclic) bond motifs is 1. The molecular formula is C30H23N5O4S2. The van der Waals surface area contributed by atoms with E-state index in [0.717, 1.165) is 17.3 Å². The van der Waals surface area contributed by atoms with Crippen LogP contribution in [0.3, 0.4) is 0 Å². The summed E-state index contributed by atoms with van der Waals surface area (Å²) in [6.07, 6.45) is 3.04. The number of thiocarbonyl (C=S) groups is 1. The van der Waals surface area contributed by atoms with E-state index >= 15 is 0 Å². The van der Waals surface area contributed by atoms with Gasteiger partial charge in [-0.15, -0.1) is 0 Å². The number of ether oxygens (including phenoxy) is 1. The Balaban J connectivity index is 1.46. The van der Waals surface area contributed by atoms with Crippen molar-refractivity contribution in [1.82, 2.24) is 18.7 Å². The number of pyridine rings is 1. The first-order valence-electron chi connectivity index (χ1n) is 12.6. The van der Waals surface area contributed by atoms with Crippen LogP contribution in [-0.4, -0.2) is 29.0 Å². The minimum Gasteiger partial charge on any atom is -0.438 e. The van der Waals surface area contributed by atoms with Crippen molar-refractivity contribution >= 4 is 51.6 Å². The van der Waals surface area contributed by atoms with Gasteiger partial charge in [0.2, 0.25) is 5.88 Å². The number of aryl methyl sites for hydroxylation is 1. The SMILES string of the molecule is Cc1ccc(Oc2nc3ccccn3c(=O)c2/C=C2/SC(=S)N(c3c(C)n(C)n(-c4ccccc4)c3=O)C2=O)cc1. The molecular weight excluding hydrogens is 558 g/mol. The molecule has 0 atom stereocenters. The van der Waals surface area contributed by atoms with E-state index in [1.165, 1.54) is 20.1 Å². The number of rotatable bonds is 5. The summed E-state index contributed by atoms with van der Waals surface area (Å²) in [4.78, 5) is 47.0. The average Bonchev–Trinajstić information content (AvgIpc) is 3.36. The van der Waals surface area contributed by atoms with Crippen molar-refractivity contribution in [2.24, 2.45) is 7.05 Å². The number of carbonyl (C=O) groups excluding carboxylic acids is 1. The average molecular weight is 582 g/mol. The molecule has 4 heterocycles. The molecule has 41 heavy (non-hydrogen) atoms. The molecule has 1 aliphatic rings. The Bertz CT molecular complexity index is 2010. The molecule has 6 rings (SSSR count). The predicted octanol–water partition coefficient (Wildman–Crippen LogP) is 5.00. The zero-order valence-corrected chi connectivity index (χ0v) is 23.9. The van der Waals surface area contributed by atoms with Gasteiger partial charge in [-0.25, -0.2) is 4.68 Å². The standard InChI is InChI=1S/C30H23N5O4S2/c1-18-12-14-21(15-13-18)39-26-22(27(36)33-16-8-7-11-24(33)31-26)17-23-28(37)34(30(40)41-23)25-19(2)32(3)35(29(25)38)20-9-5-4-6-10-20/h4-17H,1-3H3/b23-17+. The molecule has 0 unspecified atom stereocenters. The predicted molar refractivity (Wildman–Crippen MR) is 164 cm³/mol. The summed E-state index contributed by atoms with van der Waals surface area (Å²) in [5.74, 6) is 0.0360. The van der Waals surface area contributed by atoms with Gasteiger partial charge in [-0.3, -0.25) is 28.4 Å². The van der Waals surface area contributed by atoms with Gasteiger partial charge in [0.1, 0.15) is 22.6 Å². The quantitative estimate of drug-likeness (QED) is 0.213. The molecule has 0 N–H and O–H groups in total. The molecule has 2 aromatic carbocycles. The van der Waals surface area contributed by atoms with Gasteiger partial charge in [-0.1, -0.05) is 65.9 Å². The van der Waals surface area contributed by atoms with E-state index in [9.17, 15) is 14.4 Å². The van der Waals surface area contributed by atoms with Crippen LogP contribution in [-0.2, 0) is 11.8 Å². The number of amides is 1. The third kappa shape index (κ3) is 4.58. The number of thioether (sulfide) groups is 1. The normalized spacial score (nSPS) is 14.4. The second-order valence-corrected chi connectivity index (χ2v) is 11.1. The van der Waals surface area contributed by atoms with Crippen molar-refractivity contribution in [3.63, 3.8) is 0 Å². The van der Waals surface area contributed by atoms with Crippen LogP contribution in [0.15, 0.2) is 93.5 Å². The maximum atomic E-state index is 13.8. The van der Waals surface area contributed by atoms with E-state index in [0.29, 0.717) is 22.8 Å². The molecule has 0 aliphatic carbocycles. The first-order valence-corrected chi connectivity index (χ1v) is 13.8. The summed E-state index contributed by atoms with van der Waals surface area (Å²) in [6, 6.07) is 21.7. The van der Waals surface area contributed by atoms with Crippen molar-refractivity contribution in [2.45, 2.75) is 13.8 Å². The fourth-order valence-electron chi connectivity index (χ4n) is 4.60. The summed E-state index contributed by atoms with van der Waals surface area (Å²) in [7, 11) is 1.75. The highest BCUT2D eigenvalue weighted by Gasteiger charge is 2.38. The summed E-state index contributed by atoms with van der Waals surface area (Å²) in [5.41, 5.74) is 2.11. The van der Waals surface area contributed by atoms with Crippen LogP contribution in [0, 0.1) is 13.8 Å². The van der Waals surface area contributed by atoms with E-state index in [2.05, 4.69) is 4.98 Å². The van der Waals surface area contributed by atoms with Gasteiger partial charge in [-0.05, 0) is 56.3 Å². The lowest BCUT2D eigenvalue weighted by atomic mass is 10.2. The largest absolute Gasteiger partial charge is 0.438 e. The van der Waals surface area contributed by atoms with Crippen molar-refractivity contribution in [3.05, 3.63) is 121 Å². The van der Waals surface area contributed by atoms with Gasteiger partial charge >= 0.3 is 0 Å². The number of carbonyl (C=O) groups is 1. The highest BCUT2D eigenvalue weighted by Crippen LogP contribution is 2.37. The van der Waals surface area contributed by atoms with Gasteiger partial charge in [0.25, 0.3) is 17.0 Å². The van der Waals surface area contributed by atoms with Gasteiger partial charge < -0.3 is 4.74 Å². The number of para-hydroxylation sites is 1. The van der Waals surface area contributed by atoms with E-state index in [1.54, 1.807) is 55.2 Å². The van der Waals surface area contributed by atoms with Gasteiger partial charge in [0.15, 0.2) is 4.32 Å². The smallest absolute Gasteiger partial charge is 0.296 e. The van der Waals surface area contributed by atoms with E-state index in [-0.39, 0.29) is 31.9 Å². The second kappa shape index (κ2) is 10.3. The maximum Gasteiger partial charge on any atom is 0.296 e. The summed E-state index contributed by atoms with van der Waals surface area (Å²) >= 11 is 6.59. The fraction of sp³-hybridized carbons (Fsp3) is 0.100. The van der Waals surface area contributed by atoms with Crippen LogP contribution < -0.4 is 20.8 Å².